The molecule has 0 nitrogen and oxygen atoms in total. The molecule has 0 fully saturated rings. The summed E-state index contributed by atoms with van der Waals surface area (Å²) in [6.07, 6.45) is 1.84. The summed E-state index contributed by atoms with van der Waals surface area (Å²) < 4.78 is 1.14. The number of rotatable bonds is 1. The first-order valence-corrected chi connectivity index (χ1v) is 3.87. The molecule has 1 aromatic rings. The van der Waals surface area contributed by atoms with E-state index in [-0.39, 0.29) is 0 Å². The Morgan fingerprint density at radius 2 is 2.50 bits per heavy atom. The SMILES string of the molecule is C=Cc1sccc1Br. The van der Waals surface area contributed by atoms with E-state index < -0.39 is 0 Å². The van der Waals surface area contributed by atoms with Crippen molar-refractivity contribution in [1.29, 1.82) is 0 Å². The fraction of sp³-hybridized carbons (Fsp3) is 0. The molecule has 8 heavy (non-hydrogen) atoms. The van der Waals surface area contributed by atoms with Gasteiger partial charge in [-0.3, -0.25) is 0 Å². The van der Waals surface area contributed by atoms with Gasteiger partial charge in [0.2, 0.25) is 0 Å². The molecule has 0 aliphatic rings. The van der Waals surface area contributed by atoms with Crippen LogP contribution in [0.25, 0.3) is 6.08 Å². The molecule has 0 aliphatic carbocycles. The second-order valence-corrected chi connectivity index (χ2v) is 3.14. The zero-order chi connectivity index (χ0) is 5.98. The van der Waals surface area contributed by atoms with E-state index in [9.17, 15) is 0 Å². The van der Waals surface area contributed by atoms with Gasteiger partial charge in [0.05, 0.1) is 0 Å². The van der Waals surface area contributed by atoms with Gasteiger partial charge in [-0.25, -0.2) is 0 Å². The number of thiophene rings is 1. The summed E-state index contributed by atoms with van der Waals surface area (Å²) in [5, 5.41) is 2.03. The lowest BCUT2D eigenvalue weighted by Gasteiger charge is -1.80. The Bertz CT molecular complexity index is 190. The third-order valence-corrected chi connectivity index (χ3v) is 2.70. The molecule has 0 amide bonds. The fourth-order valence-corrected chi connectivity index (χ4v) is 1.83. The average molecular weight is 189 g/mol. The molecular formula is C6H5BrS. The van der Waals surface area contributed by atoms with Gasteiger partial charge in [-0.05, 0) is 27.4 Å². The van der Waals surface area contributed by atoms with E-state index >= 15 is 0 Å². The van der Waals surface area contributed by atoms with Gasteiger partial charge in [0, 0.05) is 9.35 Å². The van der Waals surface area contributed by atoms with Crippen LogP contribution in [0.15, 0.2) is 22.5 Å². The molecule has 1 heterocycles. The highest BCUT2D eigenvalue weighted by Crippen LogP contribution is 2.22. The van der Waals surface area contributed by atoms with Crippen molar-refractivity contribution in [1.82, 2.24) is 0 Å². The zero-order valence-corrected chi connectivity index (χ0v) is 6.63. The number of hydrogen-bond acceptors (Lipinski definition) is 1. The largest absolute Gasteiger partial charge is 0.143 e. The lowest BCUT2D eigenvalue weighted by Crippen LogP contribution is -1.54. The molecular weight excluding hydrogens is 184 g/mol. The minimum atomic E-state index is 1.14. The highest BCUT2D eigenvalue weighted by Gasteiger charge is 1.92. The molecule has 1 rings (SSSR count). The summed E-state index contributed by atoms with van der Waals surface area (Å²) in [5.41, 5.74) is 0. The molecule has 0 N–H and O–H groups in total. The summed E-state index contributed by atoms with van der Waals surface area (Å²) in [4.78, 5) is 1.20. The van der Waals surface area contributed by atoms with Crippen molar-refractivity contribution < 1.29 is 0 Å². The third-order valence-electron chi connectivity index (χ3n) is 0.830. The summed E-state index contributed by atoms with van der Waals surface area (Å²) in [6.45, 7) is 3.64. The monoisotopic (exact) mass is 188 g/mol. The van der Waals surface area contributed by atoms with Crippen LogP contribution in [0.4, 0.5) is 0 Å². The number of hydrogen-bond donors (Lipinski definition) is 0. The molecule has 0 aromatic carbocycles. The van der Waals surface area contributed by atoms with Gasteiger partial charge < -0.3 is 0 Å². The highest BCUT2D eigenvalue weighted by molar-refractivity contribution is 9.10. The standard InChI is InChI=1S/C6H5BrS/c1-2-6-5(7)3-4-8-6/h2-4H,1H2. The first-order valence-electron chi connectivity index (χ1n) is 2.20. The van der Waals surface area contributed by atoms with E-state index in [1.54, 1.807) is 11.3 Å². The molecule has 0 saturated heterocycles. The van der Waals surface area contributed by atoms with E-state index in [0.29, 0.717) is 0 Å². The van der Waals surface area contributed by atoms with Crippen LogP contribution in [0.3, 0.4) is 0 Å². The molecule has 0 atom stereocenters. The summed E-state index contributed by atoms with van der Waals surface area (Å²) in [6, 6.07) is 2.02. The Kier molecular flexibility index (Phi) is 1.86. The van der Waals surface area contributed by atoms with Crippen molar-refractivity contribution in [2.24, 2.45) is 0 Å². The van der Waals surface area contributed by atoms with Gasteiger partial charge in [0.15, 0.2) is 0 Å². The minimum Gasteiger partial charge on any atom is -0.143 e. The van der Waals surface area contributed by atoms with E-state index in [0.717, 1.165) is 4.47 Å². The molecule has 0 aliphatic heterocycles. The molecule has 1 aromatic heterocycles. The maximum Gasteiger partial charge on any atom is 0.0406 e. The second kappa shape index (κ2) is 2.46. The molecule has 0 bridgehead atoms. The topological polar surface area (TPSA) is 0 Å². The van der Waals surface area contributed by atoms with Gasteiger partial charge in [-0.2, -0.15) is 0 Å². The van der Waals surface area contributed by atoms with Crippen molar-refractivity contribution in [3.8, 4) is 0 Å². The van der Waals surface area contributed by atoms with E-state index in [1.807, 2.05) is 17.5 Å². The Morgan fingerprint density at radius 1 is 1.75 bits per heavy atom. The van der Waals surface area contributed by atoms with Crippen LogP contribution in [0, 0.1) is 0 Å². The van der Waals surface area contributed by atoms with E-state index in [2.05, 4.69) is 22.5 Å². The van der Waals surface area contributed by atoms with Crippen LogP contribution in [0.1, 0.15) is 4.88 Å². The summed E-state index contributed by atoms with van der Waals surface area (Å²) in [7, 11) is 0. The zero-order valence-electron chi connectivity index (χ0n) is 4.23. The maximum atomic E-state index is 3.64. The molecule has 42 valence electrons. The maximum absolute atomic E-state index is 3.64. The van der Waals surface area contributed by atoms with Gasteiger partial charge in [-0.15, -0.1) is 11.3 Å². The number of halogens is 1. The minimum absolute atomic E-state index is 1.14. The first kappa shape index (κ1) is 6.05. The smallest absolute Gasteiger partial charge is 0.0406 e. The Morgan fingerprint density at radius 3 is 2.75 bits per heavy atom. The average Bonchev–Trinajstić information content (AvgIpc) is 2.14. The van der Waals surface area contributed by atoms with E-state index in [1.165, 1.54) is 4.88 Å². The molecule has 0 radical (unpaired) electrons. The normalized spacial score (nSPS) is 9.12. The lowest BCUT2D eigenvalue weighted by molar-refractivity contribution is 1.85. The van der Waals surface area contributed by atoms with Gasteiger partial charge in [0.1, 0.15) is 0 Å². The summed E-state index contributed by atoms with van der Waals surface area (Å²) >= 11 is 5.05. The lowest BCUT2D eigenvalue weighted by atomic mass is 10.5. The van der Waals surface area contributed by atoms with Crippen molar-refractivity contribution in [3.05, 3.63) is 27.4 Å². The first-order chi connectivity index (χ1) is 3.84. The Balaban J connectivity index is 3.09. The van der Waals surface area contributed by atoms with E-state index in [4.69, 9.17) is 0 Å². The molecule has 0 spiro atoms. The van der Waals surface area contributed by atoms with Crippen molar-refractivity contribution in [3.63, 3.8) is 0 Å². The van der Waals surface area contributed by atoms with Crippen LogP contribution in [-0.4, -0.2) is 0 Å². The van der Waals surface area contributed by atoms with Crippen molar-refractivity contribution in [2.75, 3.05) is 0 Å². The fourth-order valence-electron chi connectivity index (χ4n) is 0.451. The van der Waals surface area contributed by atoms with Crippen LogP contribution in [0.2, 0.25) is 0 Å². The molecule has 2 heteroatoms. The van der Waals surface area contributed by atoms with Crippen LogP contribution >= 0.6 is 27.3 Å². The van der Waals surface area contributed by atoms with Gasteiger partial charge >= 0.3 is 0 Å². The molecule has 0 saturated carbocycles. The molecule has 0 unspecified atom stereocenters. The second-order valence-electron chi connectivity index (χ2n) is 1.34. The Labute approximate surface area is 61.0 Å². The third kappa shape index (κ3) is 1.01. The Hall–Kier alpha value is -0.0800. The van der Waals surface area contributed by atoms with Gasteiger partial charge in [0.25, 0.3) is 0 Å². The van der Waals surface area contributed by atoms with Crippen LogP contribution in [-0.2, 0) is 0 Å². The van der Waals surface area contributed by atoms with Crippen LogP contribution in [0.5, 0.6) is 0 Å². The summed E-state index contributed by atoms with van der Waals surface area (Å²) in [5.74, 6) is 0. The quantitative estimate of drug-likeness (QED) is 0.636. The van der Waals surface area contributed by atoms with Crippen molar-refractivity contribution >= 4 is 33.3 Å². The highest BCUT2D eigenvalue weighted by atomic mass is 79.9. The van der Waals surface area contributed by atoms with Gasteiger partial charge in [-0.1, -0.05) is 12.7 Å². The predicted octanol–water partition coefficient (Wildman–Crippen LogP) is 3.15. The predicted molar refractivity (Wildman–Crippen MR) is 42.1 cm³/mol. The van der Waals surface area contributed by atoms with Crippen LogP contribution < -0.4 is 0 Å². The van der Waals surface area contributed by atoms with Crippen molar-refractivity contribution in [2.45, 2.75) is 0 Å².